The molecule has 0 amide bonds. The Kier molecular flexibility index (Phi) is 4.32. The van der Waals surface area contributed by atoms with Gasteiger partial charge in [0.25, 0.3) is 0 Å². The molecule has 0 spiro atoms. The fraction of sp³-hybridized carbons (Fsp3) is 0.118. The highest BCUT2D eigenvalue weighted by molar-refractivity contribution is 6.15. The zero-order valence-electron chi connectivity index (χ0n) is 20.1. The second-order valence-electron chi connectivity index (χ2n) is 10.2. The molecule has 1 nitrogen and oxygen atoms in total. The zero-order chi connectivity index (χ0) is 23.6. The molecule has 1 aromatic heterocycles. The fourth-order valence-corrected chi connectivity index (χ4v) is 6.15. The summed E-state index contributed by atoms with van der Waals surface area (Å²) in [5.74, 6) is 0. The summed E-state index contributed by atoms with van der Waals surface area (Å²) in [5, 5.41) is 2.63. The van der Waals surface area contributed by atoms with E-state index in [-0.39, 0.29) is 5.41 Å². The largest absolute Gasteiger partial charge is 0.309 e. The minimum absolute atomic E-state index is 0.0173. The second kappa shape index (κ2) is 7.45. The van der Waals surface area contributed by atoms with Gasteiger partial charge in [-0.3, -0.25) is 0 Å². The molecule has 0 unspecified atom stereocenters. The molecule has 0 aliphatic heterocycles. The number of aromatic nitrogens is 1. The van der Waals surface area contributed by atoms with Crippen molar-refractivity contribution in [2.45, 2.75) is 25.7 Å². The Labute approximate surface area is 206 Å². The number of fused-ring (bicyclic) bond motifs is 7. The Hall–Kier alpha value is -4.10. The van der Waals surface area contributed by atoms with Crippen molar-refractivity contribution < 1.29 is 0 Å². The standard InChI is InChI=1S/C34H27N/c1-34(2)29-17-8-6-16-28(29)32-30(34)20-19-27-26-15-7-9-18-31(26)35(33(27)32)25-14-10-13-24(22-25)21-23-11-4-3-5-12-23/h3-20,22H,21H2,1-2H3. The van der Waals surface area contributed by atoms with E-state index in [9.17, 15) is 0 Å². The third kappa shape index (κ3) is 2.94. The lowest BCUT2D eigenvalue weighted by Crippen LogP contribution is -2.14. The average molecular weight is 450 g/mol. The van der Waals surface area contributed by atoms with Gasteiger partial charge in [0, 0.05) is 27.4 Å². The van der Waals surface area contributed by atoms with Crippen LogP contribution < -0.4 is 0 Å². The molecule has 0 radical (unpaired) electrons. The molecule has 35 heavy (non-hydrogen) atoms. The van der Waals surface area contributed by atoms with Crippen molar-refractivity contribution in [2.24, 2.45) is 0 Å². The van der Waals surface area contributed by atoms with E-state index < -0.39 is 0 Å². The third-order valence-electron chi connectivity index (χ3n) is 7.80. The molecular weight excluding hydrogens is 422 g/mol. The molecule has 0 bridgehead atoms. The van der Waals surface area contributed by atoms with E-state index in [1.807, 2.05) is 0 Å². The van der Waals surface area contributed by atoms with Gasteiger partial charge in [-0.15, -0.1) is 0 Å². The van der Waals surface area contributed by atoms with Crippen molar-refractivity contribution in [1.29, 1.82) is 0 Å². The van der Waals surface area contributed by atoms with E-state index in [4.69, 9.17) is 0 Å². The van der Waals surface area contributed by atoms with E-state index in [0.29, 0.717) is 0 Å². The number of hydrogen-bond donors (Lipinski definition) is 0. The summed E-state index contributed by atoms with van der Waals surface area (Å²) < 4.78 is 2.50. The van der Waals surface area contributed by atoms with Gasteiger partial charge in [0.2, 0.25) is 0 Å². The van der Waals surface area contributed by atoms with Crippen LogP contribution in [-0.2, 0) is 11.8 Å². The topological polar surface area (TPSA) is 4.93 Å². The Balaban J connectivity index is 1.55. The lowest BCUT2D eigenvalue weighted by Gasteiger charge is -2.21. The molecule has 0 N–H and O–H groups in total. The van der Waals surface area contributed by atoms with Gasteiger partial charge >= 0.3 is 0 Å². The number of benzene rings is 5. The van der Waals surface area contributed by atoms with Gasteiger partial charge in [0.15, 0.2) is 0 Å². The molecular formula is C34H27N. The van der Waals surface area contributed by atoms with Gasteiger partial charge in [0.1, 0.15) is 0 Å². The Bertz CT molecular complexity index is 1730. The molecule has 6 aromatic rings. The van der Waals surface area contributed by atoms with E-state index in [0.717, 1.165) is 6.42 Å². The maximum Gasteiger partial charge on any atom is 0.0622 e. The van der Waals surface area contributed by atoms with Crippen molar-refractivity contribution in [3.63, 3.8) is 0 Å². The molecule has 0 saturated carbocycles. The molecule has 1 aliphatic rings. The van der Waals surface area contributed by atoms with Crippen LogP contribution in [0.5, 0.6) is 0 Å². The number of hydrogen-bond acceptors (Lipinski definition) is 0. The highest BCUT2D eigenvalue weighted by Gasteiger charge is 2.37. The first-order chi connectivity index (χ1) is 17.1. The van der Waals surface area contributed by atoms with Crippen molar-refractivity contribution in [3.05, 3.63) is 138 Å². The van der Waals surface area contributed by atoms with Crippen LogP contribution in [0.25, 0.3) is 38.6 Å². The first-order valence-electron chi connectivity index (χ1n) is 12.4. The van der Waals surface area contributed by atoms with E-state index in [1.165, 1.54) is 60.9 Å². The average Bonchev–Trinajstić information content (AvgIpc) is 3.35. The fourth-order valence-electron chi connectivity index (χ4n) is 6.15. The van der Waals surface area contributed by atoms with Gasteiger partial charge in [0.05, 0.1) is 11.0 Å². The highest BCUT2D eigenvalue weighted by atomic mass is 15.0. The van der Waals surface area contributed by atoms with Gasteiger partial charge < -0.3 is 4.57 Å². The van der Waals surface area contributed by atoms with Gasteiger partial charge in [-0.25, -0.2) is 0 Å². The van der Waals surface area contributed by atoms with Gasteiger partial charge in [-0.05, 0) is 52.4 Å². The van der Waals surface area contributed by atoms with Crippen molar-refractivity contribution >= 4 is 21.8 Å². The molecule has 1 aliphatic carbocycles. The summed E-state index contributed by atoms with van der Waals surface area (Å²) >= 11 is 0. The normalized spacial score (nSPS) is 13.8. The zero-order valence-corrected chi connectivity index (χ0v) is 20.1. The van der Waals surface area contributed by atoms with Crippen LogP contribution in [0.1, 0.15) is 36.1 Å². The van der Waals surface area contributed by atoms with Crippen LogP contribution in [0.4, 0.5) is 0 Å². The van der Waals surface area contributed by atoms with Crippen molar-refractivity contribution in [1.82, 2.24) is 4.57 Å². The first-order valence-corrected chi connectivity index (χ1v) is 12.4. The summed E-state index contributed by atoms with van der Waals surface area (Å²) in [6.45, 7) is 4.72. The van der Waals surface area contributed by atoms with Gasteiger partial charge in [-0.2, -0.15) is 0 Å². The Morgan fingerprint density at radius 2 is 1.34 bits per heavy atom. The predicted octanol–water partition coefficient (Wildman–Crippen LogP) is 8.68. The SMILES string of the molecule is CC1(C)c2ccccc2-c2c1ccc1c3ccccc3n(-c3cccc(Cc4ccccc4)c3)c21. The van der Waals surface area contributed by atoms with Crippen LogP contribution in [0, 0.1) is 0 Å². The minimum Gasteiger partial charge on any atom is -0.309 e. The van der Waals surface area contributed by atoms with E-state index in [1.54, 1.807) is 0 Å². The summed E-state index contributed by atoms with van der Waals surface area (Å²) in [5.41, 5.74) is 12.0. The smallest absolute Gasteiger partial charge is 0.0622 e. The Morgan fingerprint density at radius 3 is 2.23 bits per heavy atom. The van der Waals surface area contributed by atoms with Crippen molar-refractivity contribution in [2.75, 3.05) is 0 Å². The molecule has 7 rings (SSSR count). The molecule has 1 heterocycles. The molecule has 0 saturated heterocycles. The number of rotatable bonds is 3. The van der Waals surface area contributed by atoms with Gasteiger partial charge in [-0.1, -0.05) is 111 Å². The summed E-state index contributed by atoms with van der Waals surface area (Å²) in [4.78, 5) is 0. The minimum atomic E-state index is -0.0173. The summed E-state index contributed by atoms with van der Waals surface area (Å²) in [6, 6.07) is 42.3. The lowest BCUT2D eigenvalue weighted by atomic mass is 9.82. The summed E-state index contributed by atoms with van der Waals surface area (Å²) in [7, 11) is 0. The maximum absolute atomic E-state index is 2.50. The van der Waals surface area contributed by atoms with Crippen LogP contribution >= 0.6 is 0 Å². The molecule has 0 fully saturated rings. The molecule has 168 valence electrons. The summed E-state index contributed by atoms with van der Waals surface area (Å²) in [6.07, 6.45) is 0.930. The van der Waals surface area contributed by atoms with E-state index >= 15 is 0 Å². The molecule has 0 atom stereocenters. The van der Waals surface area contributed by atoms with Crippen LogP contribution in [0.15, 0.2) is 115 Å². The first kappa shape index (κ1) is 20.3. The number of para-hydroxylation sites is 1. The monoisotopic (exact) mass is 449 g/mol. The quantitative estimate of drug-likeness (QED) is 0.255. The lowest BCUT2D eigenvalue weighted by molar-refractivity contribution is 0.661. The number of nitrogens with zero attached hydrogens (tertiary/aromatic N) is 1. The highest BCUT2D eigenvalue weighted by Crippen LogP contribution is 2.52. The predicted molar refractivity (Wildman–Crippen MR) is 148 cm³/mol. The van der Waals surface area contributed by atoms with Crippen LogP contribution in [0.2, 0.25) is 0 Å². The van der Waals surface area contributed by atoms with Crippen LogP contribution in [0.3, 0.4) is 0 Å². The van der Waals surface area contributed by atoms with Crippen molar-refractivity contribution in [3.8, 4) is 16.8 Å². The van der Waals surface area contributed by atoms with E-state index in [2.05, 4.69) is 134 Å². The maximum atomic E-state index is 2.50. The third-order valence-corrected chi connectivity index (χ3v) is 7.80. The molecule has 5 aromatic carbocycles. The Morgan fingerprint density at radius 1 is 0.600 bits per heavy atom. The van der Waals surface area contributed by atoms with Crippen LogP contribution in [-0.4, -0.2) is 4.57 Å². The second-order valence-corrected chi connectivity index (χ2v) is 10.2. The molecule has 1 heteroatoms.